The summed E-state index contributed by atoms with van der Waals surface area (Å²) < 4.78 is 5.35. The maximum Gasteiger partial charge on any atom is 0.114 e. The molecule has 0 unspecified atom stereocenters. The first-order valence-corrected chi connectivity index (χ1v) is 5.26. The van der Waals surface area contributed by atoms with Crippen LogP contribution in [-0.2, 0) is 4.74 Å². The van der Waals surface area contributed by atoms with Gasteiger partial charge in [-0.15, -0.1) is 0 Å². The van der Waals surface area contributed by atoms with Crippen LogP contribution in [0.4, 0.5) is 0 Å². The van der Waals surface area contributed by atoms with Gasteiger partial charge in [-0.25, -0.2) is 0 Å². The van der Waals surface area contributed by atoms with Crippen molar-refractivity contribution in [2.24, 2.45) is 17.8 Å². The maximum absolute atomic E-state index is 5.35. The van der Waals surface area contributed by atoms with E-state index < -0.39 is 0 Å². The van der Waals surface area contributed by atoms with E-state index in [4.69, 9.17) is 11.2 Å². The average molecular weight is 180 g/mol. The molecule has 1 aliphatic rings. The Morgan fingerprint density at radius 2 is 2.08 bits per heavy atom. The molecule has 0 heterocycles. The molecule has 1 heteroatoms. The minimum absolute atomic E-state index is 0.300. The molecule has 0 N–H and O–H groups in total. The van der Waals surface area contributed by atoms with Crippen LogP contribution >= 0.6 is 0 Å². The molecule has 0 spiro atoms. The van der Waals surface area contributed by atoms with E-state index in [9.17, 15) is 0 Å². The Morgan fingerprint density at radius 3 is 2.62 bits per heavy atom. The van der Waals surface area contributed by atoms with Crippen molar-refractivity contribution < 1.29 is 4.74 Å². The highest BCUT2D eigenvalue weighted by molar-refractivity contribution is 4.84. The first kappa shape index (κ1) is 10.4. The number of ether oxygens (including phenoxy) is 1. The quantitative estimate of drug-likeness (QED) is 0.593. The second kappa shape index (κ2) is 4.56. The Morgan fingerprint density at radius 1 is 1.38 bits per heavy atom. The standard InChI is InChI=1S/C12H20O/c1-5-13-12-8-10(4)6-7-11(12)9(2)3/h1,9-12H,6-8H2,2-4H3/t10-,11-,12-/m1/s1. The molecule has 3 atom stereocenters. The van der Waals surface area contributed by atoms with E-state index in [2.05, 4.69) is 26.9 Å². The third-order valence-electron chi connectivity index (χ3n) is 3.18. The first-order chi connectivity index (χ1) is 6.15. The molecule has 0 saturated heterocycles. The van der Waals surface area contributed by atoms with Gasteiger partial charge >= 0.3 is 0 Å². The van der Waals surface area contributed by atoms with Gasteiger partial charge in [0.1, 0.15) is 12.2 Å². The molecule has 0 aromatic carbocycles. The van der Waals surface area contributed by atoms with E-state index in [1.54, 1.807) is 0 Å². The van der Waals surface area contributed by atoms with Crippen molar-refractivity contribution in [3.8, 4) is 12.5 Å². The third kappa shape index (κ3) is 2.66. The van der Waals surface area contributed by atoms with Gasteiger partial charge in [-0.2, -0.15) is 0 Å². The van der Waals surface area contributed by atoms with E-state index in [0.717, 1.165) is 12.3 Å². The highest BCUT2D eigenvalue weighted by atomic mass is 16.5. The molecule has 0 amide bonds. The molecule has 0 radical (unpaired) electrons. The normalized spacial score (nSPS) is 34.2. The maximum atomic E-state index is 5.35. The molecule has 13 heavy (non-hydrogen) atoms. The fourth-order valence-electron chi connectivity index (χ4n) is 2.34. The second-order valence-electron chi connectivity index (χ2n) is 4.60. The lowest BCUT2D eigenvalue weighted by atomic mass is 9.75. The van der Waals surface area contributed by atoms with Crippen LogP contribution in [0.5, 0.6) is 0 Å². The fraction of sp³-hybridized carbons (Fsp3) is 0.833. The van der Waals surface area contributed by atoms with Crippen molar-refractivity contribution >= 4 is 0 Å². The summed E-state index contributed by atoms with van der Waals surface area (Å²) in [5.74, 6) is 2.12. The summed E-state index contributed by atoms with van der Waals surface area (Å²) in [5, 5.41) is 0. The topological polar surface area (TPSA) is 9.23 Å². The average Bonchev–Trinajstić information content (AvgIpc) is 2.04. The molecule has 0 aliphatic heterocycles. The van der Waals surface area contributed by atoms with E-state index >= 15 is 0 Å². The van der Waals surface area contributed by atoms with Gasteiger partial charge in [0.15, 0.2) is 0 Å². The van der Waals surface area contributed by atoms with Crippen LogP contribution in [0.1, 0.15) is 40.0 Å². The number of hydrogen-bond donors (Lipinski definition) is 0. The SMILES string of the molecule is C#CO[C@@H]1C[C@H](C)CC[C@@H]1C(C)C. The molecular formula is C12H20O. The van der Waals surface area contributed by atoms with Gasteiger partial charge in [0.25, 0.3) is 0 Å². The van der Waals surface area contributed by atoms with E-state index in [0.29, 0.717) is 17.9 Å². The Labute approximate surface area is 81.9 Å². The zero-order chi connectivity index (χ0) is 9.84. The van der Waals surface area contributed by atoms with Gasteiger partial charge in [0.2, 0.25) is 0 Å². The predicted molar refractivity (Wildman–Crippen MR) is 55.0 cm³/mol. The summed E-state index contributed by atoms with van der Waals surface area (Å²) in [6.07, 6.45) is 11.6. The summed E-state index contributed by atoms with van der Waals surface area (Å²) in [5.41, 5.74) is 0. The summed E-state index contributed by atoms with van der Waals surface area (Å²) in [6, 6.07) is 0. The van der Waals surface area contributed by atoms with Crippen LogP contribution < -0.4 is 0 Å². The monoisotopic (exact) mass is 180 g/mol. The number of rotatable bonds is 2. The molecule has 0 aromatic heterocycles. The van der Waals surface area contributed by atoms with Crippen LogP contribution in [0.15, 0.2) is 0 Å². The van der Waals surface area contributed by atoms with Gasteiger partial charge in [0.05, 0.1) is 0 Å². The van der Waals surface area contributed by atoms with Crippen molar-refractivity contribution in [3.05, 3.63) is 0 Å². The molecule has 0 bridgehead atoms. The third-order valence-corrected chi connectivity index (χ3v) is 3.18. The zero-order valence-electron chi connectivity index (χ0n) is 8.92. The molecule has 1 aliphatic carbocycles. The molecule has 0 aromatic rings. The number of terminal acetylenes is 1. The van der Waals surface area contributed by atoms with Crippen molar-refractivity contribution in [1.82, 2.24) is 0 Å². The van der Waals surface area contributed by atoms with Gasteiger partial charge in [-0.3, -0.25) is 0 Å². The highest BCUT2D eigenvalue weighted by Gasteiger charge is 2.31. The van der Waals surface area contributed by atoms with Crippen LogP contribution in [0, 0.1) is 30.3 Å². The minimum atomic E-state index is 0.300. The van der Waals surface area contributed by atoms with Crippen LogP contribution in [0.25, 0.3) is 0 Å². The summed E-state index contributed by atoms with van der Waals surface area (Å²) >= 11 is 0. The summed E-state index contributed by atoms with van der Waals surface area (Å²) in [4.78, 5) is 0. The second-order valence-corrected chi connectivity index (χ2v) is 4.60. The smallest absolute Gasteiger partial charge is 0.114 e. The summed E-state index contributed by atoms with van der Waals surface area (Å²) in [6.45, 7) is 6.80. The predicted octanol–water partition coefficient (Wildman–Crippen LogP) is 3.05. The Bertz CT molecular complexity index is 190. The van der Waals surface area contributed by atoms with Crippen molar-refractivity contribution in [2.45, 2.75) is 46.1 Å². The zero-order valence-corrected chi connectivity index (χ0v) is 8.92. The summed E-state index contributed by atoms with van der Waals surface area (Å²) in [7, 11) is 0. The van der Waals surface area contributed by atoms with Gasteiger partial charge in [-0.1, -0.05) is 33.6 Å². The number of hydrogen-bond acceptors (Lipinski definition) is 1. The molecule has 1 saturated carbocycles. The molecular weight excluding hydrogens is 160 g/mol. The molecule has 1 nitrogen and oxygen atoms in total. The van der Waals surface area contributed by atoms with Crippen molar-refractivity contribution in [3.63, 3.8) is 0 Å². The lowest BCUT2D eigenvalue weighted by molar-refractivity contribution is 0.0254. The van der Waals surface area contributed by atoms with E-state index in [-0.39, 0.29) is 0 Å². The first-order valence-electron chi connectivity index (χ1n) is 5.26. The fourth-order valence-corrected chi connectivity index (χ4v) is 2.34. The molecule has 1 rings (SSSR count). The van der Waals surface area contributed by atoms with Gasteiger partial charge in [0, 0.05) is 0 Å². The van der Waals surface area contributed by atoms with Gasteiger partial charge in [-0.05, 0) is 30.6 Å². The van der Waals surface area contributed by atoms with Gasteiger partial charge < -0.3 is 4.74 Å². The Kier molecular flexibility index (Phi) is 3.66. The highest BCUT2D eigenvalue weighted by Crippen LogP contribution is 2.34. The van der Waals surface area contributed by atoms with Crippen LogP contribution in [0.3, 0.4) is 0 Å². The molecule has 74 valence electrons. The van der Waals surface area contributed by atoms with Crippen molar-refractivity contribution in [2.75, 3.05) is 0 Å². The largest absolute Gasteiger partial charge is 0.443 e. The van der Waals surface area contributed by atoms with Crippen LogP contribution in [-0.4, -0.2) is 6.10 Å². The minimum Gasteiger partial charge on any atom is -0.443 e. The van der Waals surface area contributed by atoms with E-state index in [1.807, 2.05) is 0 Å². The molecule has 1 fully saturated rings. The van der Waals surface area contributed by atoms with E-state index in [1.165, 1.54) is 12.8 Å². The lowest BCUT2D eigenvalue weighted by Crippen LogP contribution is -2.33. The van der Waals surface area contributed by atoms with Crippen LogP contribution in [0.2, 0.25) is 0 Å². The lowest BCUT2D eigenvalue weighted by Gasteiger charge is -2.35. The van der Waals surface area contributed by atoms with Crippen molar-refractivity contribution in [1.29, 1.82) is 0 Å². The Hall–Kier alpha value is -0.640. The Balaban J connectivity index is 2.56.